The third kappa shape index (κ3) is 19.9. The van der Waals surface area contributed by atoms with Crippen LogP contribution in [0.1, 0.15) is 108 Å². The summed E-state index contributed by atoms with van der Waals surface area (Å²) in [4.78, 5) is 26.9. The molecule has 0 atom stereocenters. The molecule has 2 aromatic carbocycles. The van der Waals surface area contributed by atoms with Gasteiger partial charge < -0.3 is 30.0 Å². The number of carboxylic acid groups (broad SMARTS) is 2. The Bertz CT molecular complexity index is 1090. The average molecular weight is 656 g/mol. The Morgan fingerprint density at radius 3 is 1.32 bits per heavy atom. The molecule has 2 rings (SSSR count). The van der Waals surface area contributed by atoms with Crippen molar-refractivity contribution in [1.82, 2.24) is 0 Å². The summed E-state index contributed by atoms with van der Waals surface area (Å²) in [5.41, 5.74) is 6.12. The largest absolute Gasteiger partial charge is 2.00 e. The van der Waals surface area contributed by atoms with Crippen LogP contribution in [0.2, 0.25) is 0 Å². The van der Waals surface area contributed by atoms with Crippen LogP contribution in [0, 0.1) is 11.8 Å². The molecule has 8 nitrogen and oxygen atoms in total. The molecule has 0 unspecified atom stereocenters. The topological polar surface area (TPSA) is 145 Å². The quantitative estimate of drug-likeness (QED) is 0.220. The number of aryl methyl sites for hydroxylation is 4. The third-order valence-corrected chi connectivity index (χ3v) is 6.37. The number of phenols is 2. The molecule has 0 aromatic heterocycles. The number of benzene rings is 2. The molecule has 0 saturated heterocycles. The van der Waals surface area contributed by atoms with E-state index in [4.69, 9.17) is 19.8 Å². The zero-order chi connectivity index (χ0) is 32.9. The maximum atomic E-state index is 10.6. The molecule has 0 heterocycles. The first-order valence-corrected chi connectivity index (χ1v) is 15.3. The van der Waals surface area contributed by atoms with Crippen molar-refractivity contribution in [3.8, 4) is 11.5 Å². The van der Waals surface area contributed by atoms with Crippen LogP contribution in [-0.4, -0.2) is 47.7 Å². The van der Waals surface area contributed by atoms with Crippen LogP contribution in [0.5, 0.6) is 11.5 Å². The van der Waals surface area contributed by atoms with Gasteiger partial charge in [0.2, 0.25) is 0 Å². The molecule has 2 aromatic rings. The first-order valence-electron chi connectivity index (χ1n) is 15.3. The second-order valence-corrected chi connectivity index (χ2v) is 11.4. The number of nitrogens with zero attached hydrogens (tertiary/aromatic N) is 2. The number of phenolic OH excluding ortho intramolecular Hbond substituents is 2. The predicted molar refractivity (Wildman–Crippen MR) is 172 cm³/mol. The Balaban J connectivity index is 0. The zero-order valence-corrected chi connectivity index (χ0v) is 28.8. The van der Waals surface area contributed by atoms with Gasteiger partial charge >= 0.3 is 16.8 Å². The van der Waals surface area contributed by atoms with Crippen LogP contribution < -0.4 is 10.2 Å². The van der Waals surface area contributed by atoms with Crippen molar-refractivity contribution < 1.29 is 46.8 Å². The van der Waals surface area contributed by atoms with E-state index in [2.05, 4.69) is 75.8 Å². The average Bonchev–Trinajstić information content (AvgIpc) is 2.91. The summed E-state index contributed by atoms with van der Waals surface area (Å²) in [6.07, 6.45) is 10.3. The van der Waals surface area contributed by atoms with E-state index in [9.17, 15) is 10.2 Å². The SMILES string of the molecule is CC(=O)[O-].CC(=O)[O-].CCc1cc(CCC(C)C)cc(C=NCCCN=Cc2cc(CCC(C)C)cc(CC)c2O)c1O.[Co+2]. The second-order valence-electron chi connectivity index (χ2n) is 11.4. The fraction of sp³-hybridized carbons (Fsp3) is 0.543. The van der Waals surface area contributed by atoms with Gasteiger partial charge in [0.1, 0.15) is 11.5 Å². The van der Waals surface area contributed by atoms with Crippen LogP contribution in [0.3, 0.4) is 0 Å². The molecular formula is C35H52CoN2O6. The molecule has 247 valence electrons. The summed E-state index contributed by atoms with van der Waals surface area (Å²) in [5, 5.41) is 38.9. The first kappa shape index (κ1) is 43.0. The zero-order valence-electron chi connectivity index (χ0n) is 27.7. The first-order chi connectivity index (χ1) is 20.2. The molecule has 0 amide bonds. The van der Waals surface area contributed by atoms with E-state index in [1.54, 1.807) is 12.4 Å². The number of hydrogen-bond acceptors (Lipinski definition) is 8. The number of carbonyl (C=O) groups is 2. The molecule has 0 bridgehead atoms. The molecule has 0 fully saturated rings. The van der Waals surface area contributed by atoms with Crippen LogP contribution in [0.25, 0.3) is 0 Å². The van der Waals surface area contributed by atoms with E-state index in [0.717, 1.165) is 81.0 Å². The summed E-state index contributed by atoms with van der Waals surface area (Å²) in [5.74, 6) is -0.154. The van der Waals surface area contributed by atoms with Crippen molar-refractivity contribution in [2.75, 3.05) is 13.1 Å². The molecule has 44 heavy (non-hydrogen) atoms. The molecule has 0 spiro atoms. The van der Waals surface area contributed by atoms with E-state index in [-0.39, 0.29) is 16.8 Å². The monoisotopic (exact) mass is 655 g/mol. The Labute approximate surface area is 275 Å². The van der Waals surface area contributed by atoms with Crippen molar-refractivity contribution in [2.24, 2.45) is 21.8 Å². The summed E-state index contributed by atoms with van der Waals surface area (Å²) in [6, 6.07) is 8.39. The Kier molecular flexibility index (Phi) is 23.6. The summed E-state index contributed by atoms with van der Waals surface area (Å²) < 4.78 is 0. The number of aromatic hydroxyl groups is 2. The minimum atomic E-state index is -1.08. The van der Waals surface area contributed by atoms with E-state index in [1.807, 2.05) is 0 Å². The second kappa shape index (κ2) is 24.2. The van der Waals surface area contributed by atoms with Gasteiger partial charge in [-0.15, -0.1) is 0 Å². The fourth-order valence-corrected chi connectivity index (χ4v) is 4.09. The van der Waals surface area contributed by atoms with Crippen LogP contribution in [0.15, 0.2) is 34.3 Å². The van der Waals surface area contributed by atoms with Crippen LogP contribution in [-0.2, 0) is 52.1 Å². The molecular weight excluding hydrogens is 603 g/mol. The van der Waals surface area contributed by atoms with Crippen molar-refractivity contribution in [3.05, 3.63) is 57.6 Å². The van der Waals surface area contributed by atoms with E-state index in [1.165, 1.54) is 11.1 Å². The number of rotatable bonds is 14. The van der Waals surface area contributed by atoms with Gasteiger partial charge in [-0.3, -0.25) is 9.98 Å². The van der Waals surface area contributed by atoms with Crippen molar-refractivity contribution >= 4 is 24.4 Å². The van der Waals surface area contributed by atoms with Crippen LogP contribution >= 0.6 is 0 Å². The smallest absolute Gasteiger partial charge is 0.550 e. The van der Waals surface area contributed by atoms with Crippen molar-refractivity contribution in [3.63, 3.8) is 0 Å². The van der Waals surface area contributed by atoms with Gasteiger partial charge in [-0.05, 0) is 105 Å². The molecule has 9 heteroatoms. The number of carboxylic acids is 2. The molecule has 0 aliphatic heterocycles. The molecule has 0 aliphatic carbocycles. The number of aliphatic imine (C=N–C) groups is 2. The number of aliphatic carboxylic acids is 2. The predicted octanol–water partition coefficient (Wildman–Crippen LogP) is 4.84. The maximum Gasteiger partial charge on any atom is 2.00 e. The van der Waals surface area contributed by atoms with E-state index >= 15 is 0 Å². The minimum absolute atomic E-state index is 0. The fourth-order valence-electron chi connectivity index (χ4n) is 4.09. The maximum absolute atomic E-state index is 10.6. The molecule has 0 saturated carbocycles. The molecule has 1 radical (unpaired) electrons. The molecule has 2 N–H and O–H groups in total. The minimum Gasteiger partial charge on any atom is -0.550 e. The Morgan fingerprint density at radius 2 is 1.05 bits per heavy atom. The van der Waals surface area contributed by atoms with Crippen LogP contribution in [0.4, 0.5) is 0 Å². The van der Waals surface area contributed by atoms with E-state index < -0.39 is 11.9 Å². The van der Waals surface area contributed by atoms with Crippen molar-refractivity contribution in [1.29, 1.82) is 0 Å². The van der Waals surface area contributed by atoms with Gasteiger partial charge in [0.25, 0.3) is 0 Å². The standard InChI is InChI=1S/C31H46N2O2.2C2H4O2.Co/c1-7-26-16-24(12-10-22(3)4)18-28(30(26)34)20-32-14-9-15-33-21-29-19-25(13-11-23(5)6)17-27(8-2)31(29)35;2*1-2(3)4;/h16-23,34-35H,7-15H2,1-6H3;2*1H3,(H,3,4);/q;;;+2/p-2. The Hall–Kier alpha value is -3.17. The van der Waals surface area contributed by atoms with E-state index in [0.29, 0.717) is 36.4 Å². The number of carbonyl (C=O) groups excluding carboxylic acids is 2. The van der Waals surface area contributed by atoms with Gasteiger partial charge in [0, 0.05) is 48.6 Å². The van der Waals surface area contributed by atoms with Gasteiger partial charge in [-0.1, -0.05) is 53.7 Å². The number of hydrogen-bond donors (Lipinski definition) is 2. The third-order valence-electron chi connectivity index (χ3n) is 6.37. The van der Waals surface area contributed by atoms with Gasteiger partial charge in [0.15, 0.2) is 0 Å². The summed E-state index contributed by atoms with van der Waals surface area (Å²) in [6.45, 7) is 16.3. The summed E-state index contributed by atoms with van der Waals surface area (Å²) in [7, 11) is 0. The summed E-state index contributed by atoms with van der Waals surface area (Å²) >= 11 is 0. The van der Waals surface area contributed by atoms with Gasteiger partial charge in [-0.25, -0.2) is 0 Å². The van der Waals surface area contributed by atoms with Crippen molar-refractivity contribution in [2.45, 2.75) is 100 Å². The molecule has 0 aliphatic rings. The van der Waals surface area contributed by atoms with Gasteiger partial charge in [-0.2, -0.15) is 0 Å². The van der Waals surface area contributed by atoms with Gasteiger partial charge in [0.05, 0.1) is 0 Å². The normalized spacial score (nSPS) is 10.8. The Morgan fingerprint density at radius 1 is 0.727 bits per heavy atom.